The molecule has 3 rings (SSSR count). The molecule has 1 nitrogen and oxygen atoms in total. The minimum atomic E-state index is 0.480. The number of hydrogen-bond acceptors (Lipinski definition) is 2. The number of hydrogen-bond donors (Lipinski definition) is 0. The average Bonchev–Trinajstić information content (AvgIpc) is 2.89. The molecule has 0 saturated carbocycles. The van der Waals surface area contributed by atoms with Gasteiger partial charge in [0, 0.05) is 9.79 Å². The summed E-state index contributed by atoms with van der Waals surface area (Å²) in [7, 11) is 0. The molecule has 94 valence electrons. The van der Waals surface area contributed by atoms with Crippen LogP contribution in [0.4, 0.5) is 0 Å². The van der Waals surface area contributed by atoms with Crippen molar-refractivity contribution in [1.82, 2.24) is 0 Å². The van der Waals surface area contributed by atoms with Crippen molar-refractivity contribution in [2.24, 2.45) is 0 Å². The Kier molecular flexibility index (Phi) is 3.57. The first kappa shape index (κ1) is 12.3. The molecule has 0 aromatic heterocycles. The lowest BCUT2D eigenvalue weighted by Crippen LogP contribution is -1.87. The third-order valence-electron chi connectivity index (χ3n) is 3.54. The van der Waals surface area contributed by atoms with Gasteiger partial charge in [0.2, 0.25) is 0 Å². The van der Waals surface area contributed by atoms with Gasteiger partial charge in [0.1, 0.15) is 0 Å². The van der Waals surface area contributed by atoms with Crippen molar-refractivity contribution < 1.29 is 0 Å². The molecular weight excluding hydrogens is 250 g/mol. The smallest absolute Gasteiger partial charge is 0.0670 e. The van der Waals surface area contributed by atoms with Crippen LogP contribution < -0.4 is 0 Å². The number of nitriles is 1. The van der Waals surface area contributed by atoms with Gasteiger partial charge in [-0.05, 0) is 54.2 Å². The van der Waals surface area contributed by atoms with Crippen molar-refractivity contribution in [3.63, 3.8) is 0 Å². The molecule has 0 spiro atoms. The van der Waals surface area contributed by atoms with E-state index in [1.165, 1.54) is 40.2 Å². The molecule has 2 aromatic rings. The minimum absolute atomic E-state index is 0.480. The molecule has 0 atom stereocenters. The van der Waals surface area contributed by atoms with Crippen molar-refractivity contribution >= 4 is 11.8 Å². The Morgan fingerprint density at radius 3 is 2.79 bits per heavy atom. The molecule has 1 aliphatic carbocycles. The van der Waals surface area contributed by atoms with Gasteiger partial charge in [-0.2, -0.15) is 5.26 Å². The lowest BCUT2D eigenvalue weighted by molar-refractivity contribution is 0.911. The van der Waals surface area contributed by atoms with Crippen LogP contribution in [0, 0.1) is 11.3 Å². The number of benzene rings is 2. The summed E-state index contributed by atoms with van der Waals surface area (Å²) >= 11 is 1.77. The number of rotatable bonds is 3. The zero-order valence-corrected chi connectivity index (χ0v) is 11.5. The fourth-order valence-corrected chi connectivity index (χ4v) is 3.58. The average molecular weight is 265 g/mol. The summed E-state index contributed by atoms with van der Waals surface area (Å²) in [5.41, 5.74) is 4.13. The van der Waals surface area contributed by atoms with Gasteiger partial charge in [-0.15, -0.1) is 0 Å². The molecule has 0 unspecified atom stereocenters. The molecule has 0 aliphatic heterocycles. The maximum absolute atomic E-state index is 8.88. The molecule has 0 saturated heterocycles. The van der Waals surface area contributed by atoms with E-state index in [1.807, 2.05) is 18.2 Å². The van der Waals surface area contributed by atoms with E-state index < -0.39 is 0 Å². The lowest BCUT2D eigenvalue weighted by Gasteiger charge is -2.08. The monoisotopic (exact) mass is 265 g/mol. The standard InChI is InChI=1S/C17H15NS/c18-11-10-14-4-1-2-7-17(14)19-16-9-8-13-5-3-6-15(13)12-16/h1-2,4,7-9,12H,3,5-6,10H2. The first-order valence-electron chi connectivity index (χ1n) is 6.61. The van der Waals surface area contributed by atoms with Crippen molar-refractivity contribution in [2.45, 2.75) is 35.5 Å². The Labute approximate surface area is 118 Å². The van der Waals surface area contributed by atoms with E-state index >= 15 is 0 Å². The van der Waals surface area contributed by atoms with Crippen molar-refractivity contribution in [3.05, 3.63) is 59.2 Å². The second kappa shape index (κ2) is 5.50. The SMILES string of the molecule is N#CCc1ccccc1Sc1ccc2c(c1)CCC2. The van der Waals surface area contributed by atoms with Crippen molar-refractivity contribution in [3.8, 4) is 6.07 Å². The lowest BCUT2D eigenvalue weighted by atomic mass is 10.1. The van der Waals surface area contributed by atoms with E-state index in [1.54, 1.807) is 11.8 Å². The van der Waals surface area contributed by atoms with Gasteiger partial charge < -0.3 is 0 Å². The maximum atomic E-state index is 8.88. The van der Waals surface area contributed by atoms with Crippen LogP contribution in [0.2, 0.25) is 0 Å². The largest absolute Gasteiger partial charge is 0.198 e. The van der Waals surface area contributed by atoms with E-state index in [2.05, 4.69) is 30.3 Å². The Balaban J connectivity index is 1.87. The van der Waals surface area contributed by atoms with Crippen molar-refractivity contribution in [2.75, 3.05) is 0 Å². The molecule has 0 N–H and O–H groups in total. The third kappa shape index (κ3) is 2.67. The molecule has 0 amide bonds. The molecule has 2 heteroatoms. The molecule has 1 aliphatic rings. The molecule has 2 aromatic carbocycles. The molecular formula is C17H15NS. The highest BCUT2D eigenvalue weighted by molar-refractivity contribution is 7.99. The highest BCUT2D eigenvalue weighted by Gasteiger charge is 2.11. The van der Waals surface area contributed by atoms with Crippen LogP contribution in [-0.2, 0) is 19.3 Å². The highest BCUT2D eigenvalue weighted by atomic mass is 32.2. The van der Waals surface area contributed by atoms with Crippen LogP contribution in [0.5, 0.6) is 0 Å². The van der Waals surface area contributed by atoms with E-state index in [-0.39, 0.29) is 0 Å². The van der Waals surface area contributed by atoms with Gasteiger partial charge in [-0.1, -0.05) is 36.0 Å². The van der Waals surface area contributed by atoms with E-state index in [4.69, 9.17) is 5.26 Å². The van der Waals surface area contributed by atoms with Gasteiger partial charge in [-0.3, -0.25) is 0 Å². The number of fused-ring (bicyclic) bond motifs is 1. The summed E-state index contributed by atoms with van der Waals surface area (Å²) in [5, 5.41) is 8.88. The quantitative estimate of drug-likeness (QED) is 0.821. The molecule has 19 heavy (non-hydrogen) atoms. The zero-order valence-electron chi connectivity index (χ0n) is 10.7. The summed E-state index contributed by atoms with van der Waals surface area (Å²) in [5.74, 6) is 0. The van der Waals surface area contributed by atoms with Gasteiger partial charge in [0.05, 0.1) is 12.5 Å². The van der Waals surface area contributed by atoms with E-state index in [0.717, 1.165) is 5.56 Å². The van der Waals surface area contributed by atoms with Crippen LogP contribution in [0.25, 0.3) is 0 Å². The molecule has 0 fully saturated rings. The predicted octanol–water partition coefficient (Wildman–Crippen LogP) is 4.39. The van der Waals surface area contributed by atoms with Gasteiger partial charge in [0.25, 0.3) is 0 Å². The first-order valence-corrected chi connectivity index (χ1v) is 7.43. The summed E-state index contributed by atoms with van der Waals surface area (Å²) in [6.45, 7) is 0. The van der Waals surface area contributed by atoms with Crippen LogP contribution in [0.15, 0.2) is 52.3 Å². The van der Waals surface area contributed by atoms with Gasteiger partial charge >= 0.3 is 0 Å². The third-order valence-corrected chi connectivity index (χ3v) is 4.65. The fourth-order valence-electron chi connectivity index (χ4n) is 2.57. The Hall–Kier alpha value is -1.72. The van der Waals surface area contributed by atoms with Gasteiger partial charge in [-0.25, -0.2) is 0 Å². The summed E-state index contributed by atoms with van der Waals surface area (Å²) in [6, 6.07) is 17.2. The second-order valence-electron chi connectivity index (χ2n) is 4.83. The molecule has 0 bridgehead atoms. The van der Waals surface area contributed by atoms with E-state index in [0.29, 0.717) is 6.42 Å². The first-order chi connectivity index (χ1) is 9.36. The molecule has 0 heterocycles. The Bertz CT molecular complexity index is 640. The second-order valence-corrected chi connectivity index (χ2v) is 5.94. The van der Waals surface area contributed by atoms with Crippen molar-refractivity contribution in [1.29, 1.82) is 5.26 Å². The predicted molar refractivity (Wildman–Crippen MR) is 78.3 cm³/mol. The maximum Gasteiger partial charge on any atom is 0.0670 e. The number of aryl methyl sites for hydroxylation is 2. The topological polar surface area (TPSA) is 23.8 Å². The Morgan fingerprint density at radius 2 is 1.89 bits per heavy atom. The summed E-state index contributed by atoms with van der Waals surface area (Å²) < 4.78 is 0. The zero-order chi connectivity index (χ0) is 13.1. The Morgan fingerprint density at radius 1 is 1.05 bits per heavy atom. The normalized spacial score (nSPS) is 13.0. The van der Waals surface area contributed by atoms with Crippen LogP contribution in [0.1, 0.15) is 23.1 Å². The van der Waals surface area contributed by atoms with Crippen LogP contribution >= 0.6 is 11.8 Å². The fraction of sp³-hybridized carbons (Fsp3) is 0.235. The molecule has 0 radical (unpaired) electrons. The summed E-state index contributed by atoms with van der Waals surface area (Å²) in [6.07, 6.45) is 4.21. The highest BCUT2D eigenvalue weighted by Crippen LogP contribution is 2.33. The van der Waals surface area contributed by atoms with E-state index in [9.17, 15) is 0 Å². The number of nitrogens with zero attached hydrogens (tertiary/aromatic N) is 1. The van der Waals surface area contributed by atoms with Crippen LogP contribution in [0.3, 0.4) is 0 Å². The minimum Gasteiger partial charge on any atom is -0.198 e. The summed E-state index contributed by atoms with van der Waals surface area (Å²) in [4.78, 5) is 2.48. The van der Waals surface area contributed by atoms with Gasteiger partial charge in [0.15, 0.2) is 0 Å². The van der Waals surface area contributed by atoms with Crippen LogP contribution in [-0.4, -0.2) is 0 Å².